The van der Waals surface area contributed by atoms with Crippen LogP contribution < -0.4 is 4.74 Å². The van der Waals surface area contributed by atoms with Gasteiger partial charge in [0.15, 0.2) is 0 Å². The van der Waals surface area contributed by atoms with Crippen LogP contribution >= 0.6 is 0 Å². The second-order valence-electron chi connectivity index (χ2n) is 3.08. The third-order valence-electron chi connectivity index (χ3n) is 2.20. The molecular formula is C11H9NO3. The lowest BCUT2D eigenvalue weighted by molar-refractivity contribution is 0.0698. The number of rotatable bonds is 2. The van der Waals surface area contributed by atoms with Crippen LogP contribution in [0.3, 0.4) is 0 Å². The Bertz CT molecular complexity index is 522. The molecule has 15 heavy (non-hydrogen) atoms. The molecule has 0 saturated heterocycles. The molecule has 1 aromatic carbocycles. The van der Waals surface area contributed by atoms with E-state index < -0.39 is 5.97 Å². The predicted molar refractivity (Wildman–Crippen MR) is 55.3 cm³/mol. The molecule has 1 heterocycles. The van der Waals surface area contributed by atoms with Gasteiger partial charge in [0.1, 0.15) is 5.75 Å². The molecule has 0 atom stereocenters. The zero-order valence-corrected chi connectivity index (χ0v) is 8.10. The molecule has 0 saturated carbocycles. The van der Waals surface area contributed by atoms with Crippen molar-refractivity contribution in [3.8, 4) is 5.75 Å². The number of pyridine rings is 1. The molecule has 0 spiro atoms. The highest BCUT2D eigenvalue weighted by atomic mass is 16.5. The molecule has 1 aromatic heterocycles. The molecule has 4 nitrogen and oxygen atoms in total. The Morgan fingerprint density at radius 3 is 2.87 bits per heavy atom. The minimum absolute atomic E-state index is 0.186. The number of hydrogen-bond acceptors (Lipinski definition) is 3. The maximum Gasteiger partial charge on any atom is 0.337 e. The molecule has 0 fully saturated rings. The fraction of sp³-hybridized carbons (Fsp3) is 0.0909. The molecule has 0 radical (unpaired) electrons. The first kappa shape index (κ1) is 9.45. The van der Waals surface area contributed by atoms with Gasteiger partial charge in [0, 0.05) is 23.2 Å². The summed E-state index contributed by atoms with van der Waals surface area (Å²) in [7, 11) is 1.54. The van der Waals surface area contributed by atoms with Crippen molar-refractivity contribution in [3.63, 3.8) is 0 Å². The monoisotopic (exact) mass is 203 g/mol. The quantitative estimate of drug-likeness (QED) is 0.810. The molecule has 0 aliphatic heterocycles. The number of fused-ring (bicyclic) bond motifs is 1. The van der Waals surface area contributed by atoms with E-state index in [2.05, 4.69) is 4.98 Å². The van der Waals surface area contributed by atoms with Gasteiger partial charge >= 0.3 is 5.97 Å². The summed E-state index contributed by atoms with van der Waals surface area (Å²) in [5.74, 6) is -0.349. The Kier molecular flexibility index (Phi) is 2.25. The van der Waals surface area contributed by atoms with Crippen LogP contribution in [0.4, 0.5) is 0 Å². The maximum atomic E-state index is 10.9. The topological polar surface area (TPSA) is 59.4 Å². The van der Waals surface area contributed by atoms with Crippen molar-refractivity contribution in [2.45, 2.75) is 0 Å². The molecule has 76 valence electrons. The van der Waals surface area contributed by atoms with E-state index in [1.165, 1.54) is 6.20 Å². The second-order valence-corrected chi connectivity index (χ2v) is 3.08. The number of methoxy groups -OCH3 is 1. The molecule has 0 aliphatic carbocycles. The fourth-order valence-electron chi connectivity index (χ4n) is 1.44. The fourth-order valence-corrected chi connectivity index (χ4v) is 1.44. The van der Waals surface area contributed by atoms with E-state index in [0.717, 1.165) is 5.39 Å². The lowest BCUT2D eigenvalue weighted by Gasteiger charge is -2.04. The van der Waals surface area contributed by atoms with Crippen molar-refractivity contribution < 1.29 is 14.6 Å². The molecule has 0 aliphatic rings. The SMILES string of the molecule is COc1ccc2cncc(C(=O)O)c2c1. The number of benzene rings is 1. The summed E-state index contributed by atoms with van der Waals surface area (Å²) in [5.41, 5.74) is 0.186. The van der Waals surface area contributed by atoms with Gasteiger partial charge in [-0.15, -0.1) is 0 Å². The van der Waals surface area contributed by atoms with Crippen LogP contribution in [-0.2, 0) is 0 Å². The van der Waals surface area contributed by atoms with Gasteiger partial charge in [-0.25, -0.2) is 4.79 Å². The molecular weight excluding hydrogens is 194 g/mol. The molecule has 2 aromatic rings. The summed E-state index contributed by atoms with van der Waals surface area (Å²) < 4.78 is 5.04. The number of aromatic carboxylic acids is 1. The van der Waals surface area contributed by atoms with Gasteiger partial charge in [0.05, 0.1) is 12.7 Å². The molecule has 0 bridgehead atoms. The second kappa shape index (κ2) is 3.57. The Morgan fingerprint density at radius 1 is 1.40 bits per heavy atom. The highest BCUT2D eigenvalue weighted by Crippen LogP contribution is 2.22. The van der Waals surface area contributed by atoms with Crippen molar-refractivity contribution in [2.24, 2.45) is 0 Å². The maximum absolute atomic E-state index is 10.9. The summed E-state index contributed by atoms with van der Waals surface area (Å²) in [5, 5.41) is 10.4. The van der Waals surface area contributed by atoms with Gasteiger partial charge in [-0.3, -0.25) is 4.98 Å². The van der Waals surface area contributed by atoms with E-state index in [1.807, 2.05) is 0 Å². The van der Waals surface area contributed by atoms with Gasteiger partial charge in [0.25, 0.3) is 0 Å². The van der Waals surface area contributed by atoms with Crippen LogP contribution in [0.15, 0.2) is 30.6 Å². The number of carbonyl (C=O) groups is 1. The number of aromatic nitrogens is 1. The predicted octanol–water partition coefficient (Wildman–Crippen LogP) is 1.94. The number of hydrogen-bond donors (Lipinski definition) is 1. The normalized spacial score (nSPS) is 10.2. The van der Waals surface area contributed by atoms with Gasteiger partial charge in [-0.1, -0.05) is 0 Å². The van der Waals surface area contributed by atoms with Crippen molar-refractivity contribution in [3.05, 3.63) is 36.2 Å². The minimum Gasteiger partial charge on any atom is -0.497 e. The van der Waals surface area contributed by atoms with E-state index in [0.29, 0.717) is 11.1 Å². The third kappa shape index (κ3) is 1.61. The van der Waals surface area contributed by atoms with Crippen LogP contribution in [0.1, 0.15) is 10.4 Å². The molecule has 1 N–H and O–H groups in total. The van der Waals surface area contributed by atoms with E-state index in [1.54, 1.807) is 31.5 Å². The standard InChI is InChI=1S/C11H9NO3/c1-15-8-3-2-7-5-12-6-10(11(13)14)9(7)4-8/h2-6H,1H3,(H,13,14). The number of carboxylic acids is 1. The van der Waals surface area contributed by atoms with Crippen molar-refractivity contribution >= 4 is 16.7 Å². The van der Waals surface area contributed by atoms with Crippen LogP contribution in [0, 0.1) is 0 Å². The Labute approximate surface area is 86.1 Å². The van der Waals surface area contributed by atoms with Crippen LogP contribution in [0.2, 0.25) is 0 Å². The zero-order valence-electron chi connectivity index (χ0n) is 8.10. The average Bonchev–Trinajstić information content (AvgIpc) is 2.27. The first-order chi connectivity index (χ1) is 7.22. The zero-order chi connectivity index (χ0) is 10.8. The van der Waals surface area contributed by atoms with Gasteiger partial charge in [-0.05, 0) is 18.2 Å². The Morgan fingerprint density at radius 2 is 2.20 bits per heavy atom. The number of ether oxygens (including phenoxy) is 1. The first-order valence-electron chi connectivity index (χ1n) is 4.37. The van der Waals surface area contributed by atoms with E-state index >= 15 is 0 Å². The molecule has 0 unspecified atom stereocenters. The summed E-state index contributed by atoms with van der Waals surface area (Å²) in [4.78, 5) is 14.8. The Balaban J connectivity index is 2.76. The van der Waals surface area contributed by atoms with Crippen LogP contribution in [0.25, 0.3) is 10.8 Å². The van der Waals surface area contributed by atoms with Gasteiger partial charge in [0.2, 0.25) is 0 Å². The molecule has 0 amide bonds. The largest absolute Gasteiger partial charge is 0.497 e. The van der Waals surface area contributed by atoms with E-state index in [4.69, 9.17) is 9.84 Å². The lowest BCUT2D eigenvalue weighted by Crippen LogP contribution is -1.98. The highest BCUT2D eigenvalue weighted by Gasteiger charge is 2.09. The van der Waals surface area contributed by atoms with Crippen molar-refractivity contribution in [1.82, 2.24) is 4.98 Å². The number of nitrogens with zero attached hydrogens (tertiary/aromatic N) is 1. The van der Waals surface area contributed by atoms with Gasteiger partial charge in [-0.2, -0.15) is 0 Å². The summed E-state index contributed by atoms with van der Waals surface area (Å²) in [6, 6.07) is 5.25. The minimum atomic E-state index is -0.985. The molecule has 4 heteroatoms. The average molecular weight is 203 g/mol. The summed E-state index contributed by atoms with van der Waals surface area (Å²) in [6.45, 7) is 0. The lowest BCUT2D eigenvalue weighted by atomic mass is 10.1. The van der Waals surface area contributed by atoms with Crippen LogP contribution in [0.5, 0.6) is 5.75 Å². The summed E-state index contributed by atoms with van der Waals surface area (Å²) >= 11 is 0. The Hall–Kier alpha value is -2.10. The third-order valence-corrected chi connectivity index (χ3v) is 2.20. The van der Waals surface area contributed by atoms with E-state index in [9.17, 15) is 4.79 Å². The van der Waals surface area contributed by atoms with E-state index in [-0.39, 0.29) is 5.56 Å². The number of carboxylic acid groups (broad SMARTS) is 1. The van der Waals surface area contributed by atoms with Crippen molar-refractivity contribution in [1.29, 1.82) is 0 Å². The van der Waals surface area contributed by atoms with Crippen LogP contribution in [-0.4, -0.2) is 23.2 Å². The first-order valence-corrected chi connectivity index (χ1v) is 4.37. The molecule has 2 rings (SSSR count). The highest BCUT2D eigenvalue weighted by molar-refractivity contribution is 6.03. The van der Waals surface area contributed by atoms with Gasteiger partial charge < -0.3 is 9.84 Å². The smallest absolute Gasteiger partial charge is 0.337 e. The summed E-state index contributed by atoms with van der Waals surface area (Å²) in [6.07, 6.45) is 2.96. The van der Waals surface area contributed by atoms with Crippen molar-refractivity contribution in [2.75, 3.05) is 7.11 Å².